The van der Waals surface area contributed by atoms with Crippen molar-refractivity contribution in [2.45, 2.75) is 53.0 Å². The van der Waals surface area contributed by atoms with Crippen molar-refractivity contribution in [3.8, 4) is 0 Å². The zero-order valence-corrected chi connectivity index (χ0v) is 11.9. The summed E-state index contributed by atoms with van der Waals surface area (Å²) >= 11 is 0. The van der Waals surface area contributed by atoms with Gasteiger partial charge in [-0.25, -0.2) is 0 Å². The molecule has 1 aliphatic heterocycles. The predicted molar refractivity (Wildman–Crippen MR) is 75.9 cm³/mol. The normalized spacial score (nSPS) is 22.8. The molecule has 0 aliphatic carbocycles. The van der Waals surface area contributed by atoms with Crippen molar-refractivity contribution >= 4 is 11.6 Å². The van der Waals surface area contributed by atoms with Crippen molar-refractivity contribution in [3.63, 3.8) is 0 Å². The first-order valence-corrected chi connectivity index (χ1v) is 7.00. The van der Waals surface area contributed by atoms with Gasteiger partial charge >= 0.3 is 0 Å². The van der Waals surface area contributed by atoms with Gasteiger partial charge in [0.2, 0.25) is 5.91 Å². The summed E-state index contributed by atoms with van der Waals surface area (Å²) in [5, 5.41) is 0. The van der Waals surface area contributed by atoms with E-state index in [1.165, 1.54) is 11.1 Å². The van der Waals surface area contributed by atoms with Crippen LogP contribution in [0.4, 0.5) is 5.69 Å². The van der Waals surface area contributed by atoms with Gasteiger partial charge in [-0.15, -0.1) is 0 Å². The van der Waals surface area contributed by atoms with Crippen LogP contribution < -0.4 is 4.90 Å². The molecule has 0 spiro atoms. The molecule has 98 valence electrons. The average molecular weight is 245 g/mol. The second-order valence-electron chi connectivity index (χ2n) is 5.36. The Kier molecular flexibility index (Phi) is 3.74. The molecular formula is C16H23NO. The van der Waals surface area contributed by atoms with E-state index >= 15 is 0 Å². The lowest BCUT2D eigenvalue weighted by atomic mass is 9.84. The maximum Gasteiger partial charge on any atom is 0.224 e. The van der Waals surface area contributed by atoms with E-state index in [9.17, 15) is 4.79 Å². The molecule has 2 rings (SSSR count). The highest BCUT2D eigenvalue weighted by molar-refractivity contribution is 5.93. The van der Waals surface area contributed by atoms with Gasteiger partial charge < -0.3 is 4.90 Å². The van der Waals surface area contributed by atoms with Crippen LogP contribution in [0.5, 0.6) is 0 Å². The van der Waals surface area contributed by atoms with Gasteiger partial charge in [-0.1, -0.05) is 32.9 Å². The summed E-state index contributed by atoms with van der Waals surface area (Å²) < 4.78 is 0. The van der Waals surface area contributed by atoms with E-state index in [-0.39, 0.29) is 5.91 Å². The van der Waals surface area contributed by atoms with Gasteiger partial charge in [0.15, 0.2) is 0 Å². The number of carbonyl (C=O) groups excluding carboxylic acids is 1. The van der Waals surface area contributed by atoms with E-state index in [4.69, 9.17) is 0 Å². The first kappa shape index (κ1) is 13.1. The van der Waals surface area contributed by atoms with Crippen LogP contribution in [0.25, 0.3) is 0 Å². The topological polar surface area (TPSA) is 20.3 Å². The minimum atomic E-state index is 0.166. The Morgan fingerprint density at radius 3 is 2.67 bits per heavy atom. The highest BCUT2D eigenvalue weighted by atomic mass is 16.2. The molecule has 2 heteroatoms. The monoisotopic (exact) mass is 245 g/mol. The number of aryl methyl sites for hydroxylation is 1. The first-order chi connectivity index (χ1) is 8.58. The Morgan fingerprint density at radius 1 is 1.39 bits per heavy atom. The number of amides is 1. The Morgan fingerprint density at radius 2 is 2.11 bits per heavy atom. The Hall–Kier alpha value is -1.31. The third-order valence-corrected chi connectivity index (χ3v) is 4.10. The zero-order valence-electron chi connectivity index (χ0n) is 11.9. The summed E-state index contributed by atoms with van der Waals surface area (Å²) in [5.41, 5.74) is 3.82. The number of anilines is 1. The van der Waals surface area contributed by atoms with Crippen molar-refractivity contribution in [2.75, 3.05) is 4.90 Å². The summed E-state index contributed by atoms with van der Waals surface area (Å²) in [6.07, 6.45) is 3.17. The molecule has 0 aromatic heterocycles. The third-order valence-electron chi connectivity index (χ3n) is 4.10. The summed E-state index contributed by atoms with van der Waals surface area (Å²) in [5.74, 6) is 0.706. The van der Waals surface area contributed by atoms with Crippen LogP contribution in [0.1, 0.15) is 45.2 Å². The van der Waals surface area contributed by atoms with E-state index in [0.717, 1.165) is 24.9 Å². The summed E-state index contributed by atoms with van der Waals surface area (Å²) in [6, 6.07) is 6.90. The predicted octanol–water partition coefficient (Wildman–Crippen LogP) is 3.57. The smallest absolute Gasteiger partial charge is 0.224 e. The molecule has 0 saturated carbocycles. The fourth-order valence-electron chi connectivity index (χ4n) is 3.16. The summed E-state index contributed by atoms with van der Waals surface area (Å²) in [4.78, 5) is 14.0. The molecule has 0 bridgehead atoms. The maximum absolute atomic E-state index is 12.0. The van der Waals surface area contributed by atoms with Gasteiger partial charge in [0, 0.05) is 18.7 Å². The second kappa shape index (κ2) is 5.13. The largest absolute Gasteiger partial charge is 0.309 e. The second-order valence-corrected chi connectivity index (χ2v) is 5.36. The fraction of sp³-hybridized carbons (Fsp3) is 0.562. The van der Waals surface area contributed by atoms with Crippen molar-refractivity contribution in [1.82, 2.24) is 0 Å². The fourth-order valence-corrected chi connectivity index (χ4v) is 3.16. The van der Waals surface area contributed by atoms with Crippen molar-refractivity contribution < 1.29 is 4.79 Å². The first-order valence-electron chi connectivity index (χ1n) is 7.00. The van der Waals surface area contributed by atoms with Gasteiger partial charge in [0.25, 0.3) is 0 Å². The summed E-state index contributed by atoms with van der Waals surface area (Å²) in [7, 11) is 0. The SMILES string of the molecule is CCc1ccc2c(c1)CC(C)[C@H](CC)N2C(C)=O. The molecule has 1 unspecified atom stereocenters. The molecule has 18 heavy (non-hydrogen) atoms. The van der Waals surface area contributed by atoms with Crippen LogP contribution in [0.2, 0.25) is 0 Å². The van der Waals surface area contributed by atoms with Crippen LogP contribution in [-0.2, 0) is 17.6 Å². The van der Waals surface area contributed by atoms with E-state index in [1.807, 2.05) is 4.90 Å². The van der Waals surface area contributed by atoms with Gasteiger partial charge in [0.1, 0.15) is 0 Å². The molecule has 1 heterocycles. The number of fused-ring (bicyclic) bond motifs is 1. The Balaban J connectivity index is 2.48. The van der Waals surface area contributed by atoms with Gasteiger partial charge in [-0.2, -0.15) is 0 Å². The molecule has 1 aromatic carbocycles. The van der Waals surface area contributed by atoms with Crippen LogP contribution >= 0.6 is 0 Å². The molecule has 1 amide bonds. The number of carbonyl (C=O) groups is 1. The molecule has 2 atom stereocenters. The van der Waals surface area contributed by atoms with E-state index in [2.05, 4.69) is 39.0 Å². The van der Waals surface area contributed by atoms with Crippen molar-refractivity contribution in [3.05, 3.63) is 29.3 Å². The molecule has 0 radical (unpaired) electrons. The van der Waals surface area contributed by atoms with Crippen LogP contribution in [0, 0.1) is 5.92 Å². The molecule has 2 nitrogen and oxygen atoms in total. The zero-order chi connectivity index (χ0) is 13.3. The van der Waals surface area contributed by atoms with Crippen molar-refractivity contribution in [2.24, 2.45) is 5.92 Å². The quantitative estimate of drug-likeness (QED) is 0.780. The maximum atomic E-state index is 12.0. The third kappa shape index (κ3) is 2.16. The van der Waals surface area contributed by atoms with E-state index in [0.29, 0.717) is 12.0 Å². The highest BCUT2D eigenvalue weighted by Gasteiger charge is 2.32. The average Bonchev–Trinajstić information content (AvgIpc) is 2.35. The lowest BCUT2D eigenvalue weighted by Gasteiger charge is -2.40. The highest BCUT2D eigenvalue weighted by Crippen LogP contribution is 2.35. The summed E-state index contributed by atoms with van der Waals surface area (Å²) in [6.45, 7) is 8.28. The minimum Gasteiger partial charge on any atom is -0.309 e. The lowest BCUT2D eigenvalue weighted by molar-refractivity contribution is -0.117. The van der Waals surface area contributed by atoms with Gasteiger partial charge in [0.05, 0.1) is 0 Å². The Bertz CT molecular complexity index is 452. The Labute approximate surface area is 110 Å². The standard InChI is InChI=1S/C16H23NO/c1-5-13-7-8-16-14(10-13)9-11(3)15(6-2)17(16)12(4)18/h7-8,10-11,15H,5-6,9H2,1-4H3/t11?,15-/m0/s1. The van der Waals surface area contributed by atoms with Crippen LogP contribution in [0.3, 0.4) is 0 Å². The van der Waals surface area contributed by atoms with Crippen LogP contribution in [-0.4, -0.2) is 11.9 Å². The van der Waals surface area contributed by atoms with Gasteiger partial charge in [-0.3, -0.25) is 4.79 Å². The number of nitrogens with zero attached hydrogens (tertiary/aromatic N) is 1. The van der Waals surface area contributed by atoms with Crippen molar-refractivity contribution in [1.29, 1.82) is 0 Å². The molecule has 0 fully saturated rings. The molecule has 0 N–H and O–H groups in total. The number of rotatable bonds is 2. The lowest BCUT2D eigenvalue weighted by Crippen LogP contribution is -2.46. The number of benzene rings is 1. The molecular weight excluding hydrogens is 222 g/mol. The van der Waals surface area contributed by atoms with Gasteiger partial charge in [-0.05, 0) is 42.4 Å². The van der Waals surface area contributed by atoms with E-state index in [1.54, 1.807) is 6.92 Å². The van der Waals surface area contributed by atoms with E-state index < -0.39 is 0 Å². The molecule has 1 aliphatic rings. The molecule has 0 saturated heterocycles. The van der Waals surface area contributed by atoms with Crippen LogP contribution in [0.15, 0.2) is 18.2 Å². The number of hydrogen-bond donors (Lipinski definition) is 0. The minimum absolute atomic E-state index is 0.166. The number of hydrogen-bond acceptors (Lipinski definition) is 1. The molecule has 1 aromatic rings.